The van der Waals surface area contributed by atoms with Crippen molar-refractivity contribution in [3.8, 4) is 17.2 Å². The first-order chi connectivity index (χ1) is 30.2. The Morgan fingerprint density at radius 2 is 1.63 bits per heavy atom. The number of ether oxygens (including phenoxy) is 7. The molecule has 19 heteroatoms. The molecule has 5 rings (SSSR count). The van der Waals surface area contributed by atoms with E-state index >= 15 is 0 Å². The van der Waals surface area contributed by atoms with Crippen LogP contribution in [-0.2, 0) is 54.0 Å². The highest BCUT2D eigenvalue weighted by atomic mass is 32.2. The van der Waals surface area contributed by atoms with Gasteiger partial charge in [-0.05, 0) is 86.2 Å². The number of unbranched alkanes of at least 4 members (excludes halogenated alkanes) is 1. The SMILES string of the molecule is CCCCOCCOC(=O)[C@H](C)OP(=O)(COc1ccc(C[C@H](NC(=O)O[C@H]2CO[C@H]3OCC[C@H]32)[C@H](O)CN(CC(C)C)S(=O)(=O)c2ccc(OC)cc2)cc1)Oc1ccccc1. The number of esters is 1. The molecule has 0 bridgehead atoms. The number of aliphatic hydroxyl groups is 1. The molecule has 1 unspecified atom stereocenters. The van der Waals surface area contributed by atoms with E-state index in [2.05, 4.69) is 5.32 Å². The van der Waals surface area contributed by atoms with Gasteiger partial charge in [-0.15, -0.1) is 0 Å². The zero-order valence-electron chi connectivity index (χ0n) is 36.5. The Bertz CT molecular complexity index is 2020. The summed E-state index contributed by atoms with van der Waals surface area (Å²) in [4.78, 5) is 26.2. The van der Waals surface area contributed by atoms with Crippen LogP contribution in [0.2, 0.25) is 0 Å². The lowest BCUT2D eigenvalue weighted by molar-refractivity contribution is -0.153. The lowest BCUT2D eigenvalue weighted by Gasteiger charge is -2.31. The summed E-state index contributed by atoms with van der Waals surface area (Å²) in [6.45, 7) is 8.33. The number of amides is 1. The van der Waals surface area contributed by atoms with Crippen molar-refractivity contribution in [3.63, 3.8) is 0 Å². The van der Waals surface area contributed by atoms with Crippen LogP contribution in [0.1, 0.15) is 52.5 Å². The first-order valence-corrected chi connectivity index (χ1v) is 24.4. The van der Waals surface area contributed by atoms with Gasteiger partial charge < -0.3 is 48.1 Å². The Labute approximate surface area is 370 Å². The van der Waals surface area contributed by atoms with Crippen molar-refractivity contribution in [2.45, 2.75) is 88.9 Å². The minimum absolute atomic E-state index is 0.00230. The number of carbonyl (C=O) groups excluding carboxylic acids is 2. The van der Waals surface area contributed by atoms with E-state index in [4.69, 9.17) is 42.2 Å². The molecular formula is C44H61N2O15PS. The number of benzene rings is 3. The fourth-order valence-corrected chi connectivity index (χ4v) is 9.96. The van der Waals surface area contributed by atoms with Crippen LogP contribution in [-0.4, -0.2) is 120 Å². The van der Waals surface area contributed by atoms with Gasteiger partial charge in [0.25, 0.3) is 0 Å². The molecule has 3 aromatic rings. The van der Waals surface area contributed by atoms with Crippen molar-refractivity contribution < 1.29 is 69.9 Å². The van der Waals surface area contributed by atoms with Gasteiger partial charge in [-0.2, -0.15) is 4.31 Å². The maximum Gasteiger partial charge on any atom is 0.417 e. The predicted molar refractivity (Wildman–Crippen MR) is 231 cm³/mol. The van der Waals surface area contributed by atoms with Crippen LogP contribution in [0.5, 0.6) is 17.2 Å². The summed E-state index contributed by atoms with van der Waals surface area (Å²) in [5, 5.41) is 14.6. The molecule has 0 aromatic heterocycles. The fourth-order valence-electron chi connectivity index (χ4n) is 6.86. The molecule has 2 fully saturated rings. The summed E-state index contributed by atoms with van der Waals surface area (Å²) in [6, 6.07) is 19.8. The minimum Gasteiger partial charge on any atom is -0.497 e. The Morgan fingerprint density at radius 1 is 0.921 bits per heavy atom. The van der Waals surface area contributed by atoms with E-state index in [0.717, 1.165) is 12.8 Å². The van der Waals surface area contributed by atoms with Crippen LogP contribution in [0.25, 0.3) is 0 Å². The highest BCUT2D eigenvalue weighted by molar-refractivity contribution is 7.89. The topological polar surface area (TPSA) is 204 Å². The summed E-state index contributed by atoms with van der Waals surface area (Å²) < 4.78 is 93.4. The number of hydrogen-bond acceptors (Lipinski definition) is 15. The molecule has 1 amide bonds. The molecule has 2 heterocycles. The molecule has 63 heavy (non-hydrogen) atoms. The van der Waals surface area contributed by atoms with E-state index in [-0.39, 0.29) is 67.6 Å². The average Bonchev–Trinajstić information content (AvgIpc) is 3.89. The van der Waals surface area contributed by atoms with Crippen molar-refractivity contribution in [1.29, 1.82) is 0 Å². The number of carbonyl (C=O) groups is 2. The minimum atomic E-state index is -4.14. The second-order valence-electron chi connectivity index (χ2n) is 15.7. The van der Waals surface area contributed by atoms with Gasteiger partial charge in [0.15, 0.2) is 12.4 Å². The van der Waals surface area contributed by atoms with Gasteiger partial charge in [0, 0.05) is 19.7 Å². The first kappa shape index (κ1) is 49.8. The Morgan fingerprint density at radius 3 is 2.32 bits per heavy atom. The van der Waals surface area contributed by atoms with Crippen molar-refractivity contribution in [1.82, 2.24) is 9.62 Å². The maximum absolute atomic E-state index is 14.1. The number of fused-ring (bicyclic) bond motifs is 1. The summed E-state index contributed by atoms with van der Waals surface area (Å²) >= 11 is 0. The molecule has 2 aliphatic rings. The van der Waals surface area contributed by atoms with Crippen LogP contribution in [0, 0.1) is 11.8 Å². The maximum atomic E-state index is 14.1. The average molecular weight is 921 g/mol. The summed E-state index contributed by atoms with van der Waals surface area (Å²) in [5.74, 6) is 0.0185. The van der Waals surface area contributed by atoms with E-state index in [0.29, 0.717) is 30.9 Å². The molecule has 0 spiro atoms. The van der Waals surface area contributed by atoms with E-state index in [1.54, 1.807) is 66.7 Å². The molecule has 348 valence electrons. The third kappa shape index (κ3) is 15.2. The number of aliphatic hydroxyl groups excluding tert-OH is 1. The van der Waals surface area contributed by atoms with Gasteiger partial charge in [-0.3, -0.25) is 4.52 Å². The molecule has 2 N–H and O–H groups in total. The van der Waals surface area contributed by atoms with Gasteiger partial charge in [0.1, 0.15) is 30.0 Å². The Kier molecular flexibility index (Phi) is 19.1. The van der Waals surface area contributed by atoms with Crippen LogP contribution in [0.15, 0.2) is 83.8 Å². The second kappa shape index (κ2) is 24.1. The van der Waals surface area contributed by atoms with Gasteiger partial charge >= 0.3 is 19.7 Å². The normalized spacial score (nSPS) is 19.7. The van der Waals surface area contributed by atoms with Gasteiger partial charge in [0.05, 0.1) is 49.9 Å². The van der Waals surface area contributed by atoms with E-state index in [9.17, 15) is 27.7 Å². The summed E-state index contributed by atoms with van der Waals surface area (Å²) in [6.07, 6.45) is -2.47. The van der Waals surface area contributed by atoms with E-state index in [1.165, 1.54) is 30.5 Å². The standard InChI is InChI=1S/C44H61N2O15PS/c1-6-7-22-54-24-25-55-42(48)32(4)60-62(50,61-36-11-9-8-10-12-36)30-58-35-15-13-33(14-16-35)26-39(45-44(49)59-41-29-57-43-38(41)21-23-56-43)40(47)28-46(27-31(2)3)63(51,52)37-19-17-34(53-5)18-20-37/h8-20,31-32,38-41,43,47H,6-7,21-30H2,1-5H3,(H,45,49)/t32-,38-,39-,40+,41-,43+,62?/m0/s1. The van der Waals surface area contributed by atoms with E-state index < -0.39 is 66.7 Å². The van der Waals surface area contributed by atoms with Crippen LogP contribution in [0.4, 0.5) is 4.79 Å². The third-order valence-electron chi connectivity index (χ3n) is 10.2. The number of hydrogen-bond donors (Lipinski definition) is 2. The van der Waals surface area contributed by atoms with Crippen molar-refractivity contribution in [2.75, 3.05) is 59.6 Å². The number of alkyl carbamates (subject to hydrolysis) is 1. The van der Waals surface area contributed by atoms with Crippen LogP contribution < -0.4 is 19.3 Å². The van der Waals surface area contributed by atoms with Crippen LogP contribution >= 0.6 is 7.60 Å². The molecule has 2 aliphatic heterocycles. The van der Waals surface area contributed by atoms with Crippen LogP contribution in [0.3, 0.4) is 0 Å². The predicted octanol–water partition coefficient (Wildman–Crippen LogP) is 6.18. The second-order valence-corrected chi connectivity index (χ2v) is 19.5. The van der Waals surface area contributed by atoms with Crippen molar-refractivity contribution >= 4 is 29.7 Å². The fraction of sp³-hybridized carbons (Fsp3) is 0.545. The number of para-hydroxylation sites is 1. The molecule has 3 aromatic carbocycles. The number of sulfonamides is 1. The Balaban J connectivity index is 1.29. The molecule has 0 saturated carbocycles. The smallest absolute Gasteiger partial charge is 0.417 e. The lowest BCUT2D eigenvalue weighted by Crippen LogP contribution is -2.51. The zero-order valence-corrected chi connectivity index (χ0v) is 38.2. The molecular weight excluding hydrogens is 860 g/mol. The summed E-state index contributed by atoms with van der Waals surface area (Å²) in [5.41, 5.74) is 0.628. The molecule has 7 atom stereocenters. The largest absolute Gasteiger partial charge is 0.497 e. The quantitative estimate of drug-likeness (QED) is 0.0525. The van der Waals surface area contributed by atoms with Gasteiger partial charge in [-0.1, -0.05) is 57.5 Å². The van der Waals surface area contributed by atoms with Gasteiger partial charge in [0.2, 0.25) is 16.4 Å². The highest BCUT2D eigenvalue weighted by Gasteiger charge is 2.44. The molecule has 2 saturated heterocycles. The summed E-state index contributed by atoms with van der Waals surface area (Å²) in [7, 11) is -6.75. The number of nitrogens with zero attached hydrogens (tertiary/aromatic N) is 1. The highest BCUT2D eigenvalue weighted by Crippen LogP contribution is 2.49. The first-order valence-electron chi connectivity index (χ1n) is 21.2. The number of nitrogens with one attached hydrogen (secondary N) is 1. The number of methoxy groups -OCH3 is 1. The molecule has 0 radical (unpaired) electrons. The monoisotopic (exact) mass is 920 g/mol. The zero-order chi connectivity index (χ0) is 45.4. The molecule has 0 aliphatic carbocycles. The number of rotatable bonds is 26. The van der Waals surface area contributed by atoms with Crippen molar-refractivity contribution in [2.24, 2.45) is 11.8 Å². The van der Waals surface area contributed by atoms with Crippen molar-refractivity contribution in [3.05, 3.63) is 84.4 Å². The molecule has 17 nitrogen and oxygen atoms in total. The third-order valence-corrected chi connectivity index (χ3v) is 13.6. The van der Waals surface area contributed by atoms with E-state index in [1.807, 2.05) is 20.8 Å². The Hall–Kier alpha value is -4.26. The van der Waals surface area contributed by atoms with Gasteiger partial charge in [-0.25, -0.2) is 22.6 Å². The lowest BCUT2D eigenvalue weighted by atomic mass is 10.0.